The molecule has 4 aliphatic rings. The monoisotopic (exact) mass is 498 g/mol. The average Bonchev–Trinajstić information content (AvgIpc) is 3.32. The normalized spacial score (nSPS) is 32.6. The van der Waals surface area contributed by atoms with Crippen molar-refractivity contribution in [2.45, 2.75) is 103 Å². The molecule has 0 aromatic heterocycles. The second-order valence-electron chi connectivity index (χ2n) is 13.2. The Balaban J connectivity index is 1.14. The maximum atomic E-state index is 6.29. The molecular formula is C33H43BO3. The molecule has 3 nitrogen and oxygen atoms in total. The number of allylic oxidation sites excluding steroid dienone is 2. The van der Waals surface area contributed by atoms with Gasteiger partial charge in [0, 0.05) is 6.32 Å². The van der Waals surface area contributed by atoms with Gasteiger partial charge in [-0.2, -0.15) is 0 Å². The topological polar surface area (TPSA) is 27.7 Å². The van der Waals surface area contributed by atoms with Gasteiger partial charge < -0.3 is 14.0 Å². The van der Waals surface area contributed by atoms with Gasteiger partial charge in [-0.05, 0) is 118 Å². The lowest BCUT2D eigenvalue weighted by Gasteiger charge is -2.49. The Kier molecular flexibility index (Phi) is 6.35. The third kappa shape index (κ3) is 4.48. The van der Waals surface area contributed by atoms with Gasteiger partial charge in [0.05, 0.1) is 11.2 Å². The predicted octanol–water partition coefficient (Wildman–Crippen LogP) is 8.14. The molecule has 3 fully saturated rings. The van der Waals surface area contributed by atoms with Crippen LogP contribution in [0.25, 0.3) is 0 Å². The van der Waals surface area contributed by atoms with E-state index in [9.17, 15) is 0 Å². The third-order valence-electron chi connectivity index (χ3n) is 10.7. The summed E-state index contributed by atoms with van der Waals surface area (Å²) < 4.78 is 18.7. The fourth-order valence-corrected chi connectivity index (χ4v) is 7.87. The van der Waals surface area contributed by atoms with Gasteiger partial charge in [0.15, 0.2) is 0 Å². The van der Waals surface area contributed by atoms with Gasteiger partial charge in [-0.1, -0.05) is 55.0 Å². The maximum Gasteiger partial charge on any atom is 0.461 e. The van der Waals surface area contributed by atoms with Crippen molar-refractivity contribution in [3.63, 3.8) is 0 Å². The van der Waals surface area contributed by atoms with E-state index in [-0.39, 0.29) is 18.3 Å². The van der Waals surface area contributed by atoms with E-state index in [1.165, 1.54) is 49.7 Å². The summed E-state index contributed by atoms with van der Waals surface area (Å²) in [6.07, 6.45) is 11.0. The lowest BCUT2D eigenvalue weighted by atomic mass is 9.55. The number of fused-ring (bicyclic) bond motifs is 5. The number of hydrogen-bond acceptors (Lipinski definition) is 3. The lowest BCUT2D eigenvalue weighted by Crippen LogP contribution is -2.41. The number of hydrogen-bond donors (Lipinski definition) is 0. The average molecular weight is 499 g/mol. The highest BCUT2D eigenvalue weighted by Crippen LogP contribution is 2.63. The summed E-state index contributed by atoms with van der Waals surface area (Å²) in [5, 5.41) is 0. The van der Waals surface area contributed by atoms with E-state index in [1.807, 2.05) is 0 Å². The molecule has 3 unspecified atom stereocenters. The molecule has 2 aromatic carbocycles. The molecule has 37 heavy (non-hydrogen) atoms. The van der Waals surface area contributed by atoms with Crippen molar-refractivity contribution < 1.29 is 14.0 Å². The van der Waals surface area contributed by atoms with Gasteiger partial charge in [0.2, 0.25) is 0 Å². The Morgan fingerprint density at radius 2 is 1.68 bits per heavy atom. The molecule has 0 radical (unpaired) electrons. The minimum atomic E-state index is -0.252. The Bertz CT molecular complexity index is 1150. The molecule has 4 heteroatoms. The molecule has 6 rings (SSSR count). The van der Waals surface area contributed by atoms with E-state index in [4.69, 9.17) is 14.0 Å². The number of ether oxygens (including phenoxy) is 1. The van der Waals surface area contributed by atoms with Crippen LogP contribution in [0.5, 0.6) is 5.75 Å². The molecule has 2 saturated carbocycles. The van der Waals surface area contributed by atoms with Crippen LogP contribution in [0.3, 0.4) is 0 Å². The summed E-state index contributed by atoms with van der Waals surface area (Å²) in [7, 11) is -0.128. The molecule has 2 aromatic rings. The van der Waals surface area contributed by atoms with Gasteiger partial charge in [0.25, 0.3) is 0 Å². The Hall–Kier alpha value is -2.04. The first-order valence-electron chi connectivity index (χ1n) is 14.5. The highest BCUT2D eigenvalue weighted by Gasteiger charge is 2.53. The third-order valence-corrected chi connectivity index (χ3v) is 10.7. The second kappa shape index (κ2) is 9.31. The van der Waals surface area contributed by atoms with Crippen LogP contribution in [0, 0.1) is 17.3 Å². The first kappa shape index (κ1) is 25.3. The molecule has 1 heterocycles. The highest BCUT2D eigenvalue weighted by atomic mass is 16.7. The van der Waals surface area contributed by atoms with E-state index >= 15 is 0 Å². The van der Waals surface area contributed by atoms with Gasteiger partial charge in [0.1, 0.15) is 12.4 Å². The summed E-state index contributed by atoms with van der Waals surface area (Å²) in [5.74, 6) is 3.30. The van der Waals surface area contributed by atoms with Crippen molar-refractivity contribution in [3.8, 4) is 5.75 Å². The van der Waals surface area contributed by atoms with Crippen molar-refractivity contribution in [2.75, 3.05) is 0 Å². The molecule has 4 atom stereocenters. The smallest absolute Gasteiger partial charge is 0.461 e. The minimum absolute atomic E-state index is 0.128. The zero-order valence-corrected chi connectivity index (χ0v) is 23.4. The largest absolute Gasteiger partial charge is 0.489 e. The fraction of sp³-hybridized carbons (Fsp3) is 0.576. The van der Waals surface area contributed by atoms with E-state index in [0.717, 1.165) is 23.9 Å². The van der Waals surface area contributed by atoms with Crippen LogP contribution < -0.4 is 4.74 Å². The summed E-state index contributed by atoms with van der Waals surface area (Å²) in [6.45, 7) is 11.8. The Morgan fingerprint density at radius 1 is 0.919 bits per heavy atom. The van der Waals surface area contributed by atoms with Gasteiger partial charge >= 0.3 is 7.12 Å². The van der Waals surface area contributed by atoms with Crippen molar-refractivity contribution in [1.29, 1.82) is 0 Å². The predicted molar refractivity (Wildman–Crippen MR) is 151 cm³/mol. The summed E-state index contributed by atoms with van der Waals surface area (Å²) in [6, 6.07) is 17.4. The maximum absolute atomic E-state index is 6.29. The molecule has 0 bridgehead atoms. The van der Waals surface area contributed by atoms with Crippen molar-refractivity contribution in [2.24, 2.45) is 17.3 Å². The zero-order chi connectivity index (χ0) is 25.8. The Morgan fingerprint density at radius 3 is 2.43 bits per heavy atom. The molecule has 3 aliphatic carbocycles. The quantitative estimate of drug-likeness (QED) is 0.308. The number of benzene rings is 2. The van der Waals surface area contributed by atoms with Gasteiger partial charge in [-0.15, -0.1) is 0 Å². The highest BCUT2D eigenvalue weighted by molar-refractivity contribution is 6.46. The molecular weight excluding hydrogens is 455 g/mol. The molecule has 1 aliphatic heterocycles. The van der Waals surface area contributed by atoms with Crippen LogP contribution in [0.2, 0.25) is 6.32 Å². The number of rotatable bonds is 5. The van der Waals surface area contributed by atoms with Crippen LogP contribution in [0.1, 0.15) is 89.3 Å². The standard InChI is InChI=1S/C33H43BO3/c1-31(2)32(3,4)37-34(36-31)20-18-25-12-16-30-29-14-11-24-21-26(35-22-23-9-7-6-8-10-23)13-15-27(24)28(29)17-19-33(25,30)5/h6-10,13,15,18,21,28-30H,11-12,14,16-17,19-20,22H2,1-5H3/b25-18+/t28?,29?,30?,33-/m1/s1. The molecule has 0 N–H and O–H groups in total. The zero-order valence-electron chi connectivity index (χ0n) is 23.4. The summed E-state index contributed by atoms with van der Waals surface area (Å²) >= 11 is 0. The van der Waals surface area contributed by atoms with Gasteiger partial charge in [-0.25, -0.2) is 0 Å². The first-order chi connectivity index (χ1) is 17.7. The van der Waals surface area contributed by atoms with Crippen LogP contribution in [0.15, 0.2) is 60.2 Å². The van der Waals surface area contributed by atoms with E-state index in [2.05, 4.69) is 89.2 Å². The van der Waals surface area contributed by atoms with Crippen molar-refractivity contribution >= 4 is 7.12 Å². The van der Waals surface area contributed by atoms with Crippen LogP contribution in [0.4, 0.5) is 0 Å². The molecule has 1 saturated heterocycles. The van der Waals surface area contributed by atoms with Crippen molar-refractivity contribution in [1.82, 2.24) is 0 Å². The first-order valence-corrected chi connectivity index (χ1v) is 14.5. The van der Waals surface area contributed by atoms with Crippen LogP contribution in [-0.4, -0.2) is 18.3 Å². The summed E-state index contributed by atoms with van der Waals surface area (Å²) in [4.78, 5) is 0. The molecule has 0 amide bonds. The fourth-order valence-electron chi connectivity index (χ4n) is 7.87. The van der Waals surface area contributed by atoms with Crippen molar-refractivity contribution in [3.05, 3.63) is 76.9 Å². The minimum Gasteiger partial charge on any atom is -0.489 e. The van der Waals surface area contributed by atoms with Crippen LogP contribution >= 0.6 is 0 Å². The second-order valence-corrected chi connectivity index (χ2v) is 13.2. The van der Waals surface area contributed by atoms with E-state index in [1.54, 1.807) is 11.1 Å². The lowest BCUT2D eigenvalue weighted by molar-refractivity contribution is 0.00578. The van der Waals surface area contributed by atoms with E-state index in [0.29, 0.717) is 17.9 Å². The van der Waals surface area contributed by atoms with E-state index < -0.39 is 0 Å². The summed E-state index contributed by atoms with van der Waals surface area (Å²) in [5.41, 5.74) is 5.83. The molecule has 0 spiro atoms. The molecule has 196 valence electrons. The van der Waals surface area contributed by atoms with Gasteiger partial charge in [-0.3, -0.25) is 0 Å². The number of aryl methyl sites for hydroxylation is 1. The Labute approximate surface area is 224 Å². The van der Waals surface area contributed by atoms with Crippen LogP contribution in [-0.2, 0) is 22.3 Å². The SMILES string of the molecule is CC1(C)OB(C/C=C2\CCC3C4CCc5cc(OCc6ccccc6)ccc5C4CC[C@]23C)OC1(C)C.